The van der Waals surface area contributed by atoms with E-state index in [9.17, 15) is 0 Å². The molecule has 0 amide bonds. The maximum atomic E-state index is 6.27. The highest BCUT2D eigenvalue weighted by molar-refractivity contribution is 7.09. The quantitative estimate of drug-likeness (QED) is 0.842. The van der Waals surface area contributed by atoms with Crippen LogP contribution in [0, 0.1) is 0 Å². The second-order valence-corrected chi connectivity index (χ2v) is 7.06. The molecule has 5 nitrogen and oxygen atoms in total. The van der Waals surface area contributed by atoms with Crippen molar-refractivity contribution in [1.82, 2.24) is 14.9 Å². The Morgan fingerprint density at radius 3 is 3.00 bits per heavy atom. The topological polar surface area (TPSA) is 47.5 Å². The number of aromatic nitrogens is 2. The molecule has 0 radical (unpaired) electrons. The van der Waals surface area contributed by atoms with Crippen LogP contribution in [-0.4, -0.2) is 46.3 Å². The van der Waals surface area contributed by atoms with Crippen LogP contribution in [0.2, 0.25) is 0 Å². The van der Waals surface area contributed by atoms with Gasteiger partial charge in [-0.25, -0.2) is 4.98 Å². The van der Waals surface area contributed by atoms with Crippen molar-refractivity contribution in [2.75, 3.05) is 13.2 Å². The number of rotatable bonds is 5. The number of nitrogens with zero attached hydrogens (tertiary/aromatic N) is 3. The van der Waals surface area contributed by atoms with Gasteiger partial charge in [-0.15, -0.1) is 11.3 Å². The fourth-order valence-electron chi connectivity index (χ4n) is 3.56. The lowest BCUT2D eigenvalue weighted by molar-refractivity contribution is -0.0614. The van der Waals surface area contributed by atoms with Gasteiger partial charge in [0.1, 0.15) is 5.01 Å². The molecule has 2 aromatic heterocycles. The van der Waals surface area contributed by atoms with Gasteiger partial charge in [-0.2, -0.15) is 0 Å². The van der Waals surface area contributed by atoms with Crippen LogP contribution < -0.4 is 0 Å². The number of ether oxygens (including phenoxy) is 2. The van der Waals surface area contributed by atoms with Crippen molar-refractivity contribution in [1.29, 1.82) is 0 Å². The van der Waals surface area contributed by atoms with E-state index in [0.717, 1.165) is 38.1 Å². The molecule has 1 aliphatic heterocycles. The van der Waals surface area contributed by atoms with Crippen molar-refractivity contribution < 1.29 is 9.47 Å². The lowest BCUT2D eigenvalue weighted by Crippen LogP contribution is -2.42. The number of pyridine rings is 1. The van der Waals surface area contributed by atoms with Crippen molar-refractivity contribution in [2.24, 2.45) is 0 Å². The van der Waals surface area contributed by atoms with Gasteiger partial charge in [0.15, 0.2) is 0 Å². The van der Waals surface area contributed by atoms with Crippen molar-refractivity contribution in [3.8, 4) is 0 Å². The Morgan fingerprint density at radius 1 is 1.26 bits per heavy atom. The molecule has 23 heavy (non-hydrogen) atoms. The van der Waals surface area contributed by atoms with Gasteiger partial charge in [0.05, 0.1) is 32.0 Å². The first-order valence-electron chi connectivity index (χ1n) is 8.15. The monoisotopic (exact) mass is 331 g/mol. The highest BCUT2D eigenvalue weighted by Gasteiger charge is 2.43. The predicted octanol–water partition coefficient (Wildman–Crippen LogP) is 2.49. The normalized spacial score (nSPS) is 27.9. The molecule has 4 rings (SSSR count). The number of fused-ring (bicyclic) bond motifs is 2. The molecule has 0 N–H and O–H groups in total. The fourth-order valence-corrected chi connectivity index (χ4v) is 4.20. The molecule has 122 valence electrons. The van der Waals surface area contributed by atoms with E-state index in [1.807, 2.05) is 36.1 Å². The molecule has 2 aliphatic rings. The lowest BCUT2D eigenvalue weighted by atomic mass is 10.1. The average Bonchev–Trinajstić information content (AvgIpc) is 3.18. The Hall–Kier alpha value is -1.34. The minimum atomic E-state index is 0.144. The van der Waals surface area contributed by atoms with Crippen LogP contribution >= 0.6 is 11.3 Å². The van der Waals surface area contributed by atoms with E-state index in [0.29, 0.717) is 12.6 Å². The van der Waals surface area contributed by atoms with Crippen molar-refractivity contribution in [3.05, 3.63) is 46.7 Å². The van der Waals surface area contributed by atoms with Gasteiger partial charge in [0, 0.05) is 36.6 Å². The molecule has 1 saturated heterocycles. The summed E-state index contributed by atoms with van der Waals surface area (Å²) in [4.78, 5) is 11.0. The zero-order chi connectivity index (χ0) is 15.5. The Morgan fingerprint density at radius 2 is 2.17 bits per heavy atom. The van der Waals surface area contributed by atoms with Crippen molar-refractivity contribution in [3.63, 3.8) is 0 Å². The molecule has 2 fully saturated rings. The number of thiazole rings is 1. The summed E-state index contributed by atoms with van der Waals surface area (Å²) in [5.74, 6) is 0. The molecule has 6 heteroatoms. The Labute approximate surface area is 140 Å². The summed E-state index contributed by atoms with van der Waals surface area (Å²) >= 11 is 1.72. The van der Waals surface area contributed by atoms with Gasteiger partial charge < -0.3 is 9.47 Å². The van der Waals surface area contributed by atoms with Crippen LogP contribution in [0.4, 0.5) is 0 Å². The summed E-state index contributed by atoms with van der Waals surface area (Å²) < 4.78 is 12.3. The second kappa shape index (κ2) is 7.05. The van der Waals surface area contributed by atoms with Gasteiger partial charge in [-0.3, -0.25) is 9.88 Å². The van der Waals surface area contributed by atoms with Crippen LogP contribution in [0.1, 0.15) is 23.4 Å². The fraction of sp³-hybridized carbons (Fsp3) is 0.529. The Kier molecular flexibility index (Phi) is 4.66. The van der Waals surface area contributed by atoms with Crippen LogP contribution in [0.3, 0.4) is 0 Å². The molecule has 2 bridgehead atoms. The zero-order valence-corrected chi connectivity index (χ0v) is 13.8. The summed E-state index contributed by atoms with van der Waals surface area (Å²) in [6.07, 6.45) is 8.09. The molecule has 3 atom stereocenters. The predicted molar refractivity (Wildman–Crippen MR) is 88.1 cm³/mol. The third-order valence-corrected chi connectivity index (χ3v) is 5.45. The zero-order valence-electron chi connectivity index (χ0n) is 13.0. The third-order valence-electron chi connectivity index (χ3n) is 4.69. The Bertz CT molecular complexity index is 608. The van der Waals surface area contributed by atoms with Gasteiger partial charge in [0.25, 0.3) is 0 Å². The molecule has 3 heterocycles. The number of hydrogen-bond acceptors (Lipinski definition) is 6. The van der Waals surface area contributed by atoms with Crippen LogP contribution in [0.15, 0.2) is 36.1 Å². The van der Waals surface area contributed by atoms with E-state index >= 15 is 0 Å². The van der Waals surface area contributed by atoms with Crippen molar-refractivity contribution in [2.45, 2.75) is 44.2 Å². The second-order valence-electron chi connectivity index (χ2n) is 6.08. The summed E-state index contributed by atoms with van der Waals surface area (Å²) in [5, 5.41) is 3.21. The summed E-state index contributed by atoms with van der Waals surface area (Å²) in [6.45, 7) is 3.25. The first-order chi connectivity index (χ1) is 11.4. The smallest absolute Gasteiger partial charge is 0.107 e. The van der Waals surface area contributed by atoms with Gasteiger partial charge in [0.2, 0.25) is 0 Å². The largest absolute Gasteiger partial charge is 0.374 e. The van der Waals surface area contributed by atoms with Gasteiger partial charge in [-0.1, -0.05) is 0 Å². The van der Waals surface area contributed by atoms with E-state index in [4.69, 9.17) is 9.47 Å². The van der Waals surface area contributed by atoms with Crippen LogP contribution in [0.25, 0.3) is 0 Å². The average molecular weight is 331 g/mol. The lowest BCUT2D eigenvalue weighted by Gasteiger charge is -2.30. The maximum Gasteiger partial charge on any atom is 0.107 e. The molecular formula is C17H21N3O2S. The van der Waals surface area contributed by atoms with E-state index in [-0.39, 0.29) is 12.2 Å². The third kappa shape index (κ3) is 3.45. The first-order valence-corrected chi connectivity index (χ1v) is 9.02. The van der Waals surface area contributed by atoms with Crippen LogP contribution in [0.5, 0.6) is 0 Å². The highest BCUT2D eigenvalue weighted by Crippen LogP contribution is 2.33. The SMILES string of the molecule is c1cc(CO[C@@H]2[C@H]3CC[C@H]2OCCN3Cc2nccs2)ccn1. The van der Waals surface area contributed by atoms with Gasteiger partial charge >= 0.3 is 0 Å². The Balaban J connectivity index is 1.45. The number of hydrogen-bond donors (Lipinski definition) is 0. The molecule has 0 unspecified atom stereocenters. The van der Waals surface area contributed by atoms with Gasteiger partial charge in [-0.05, 0) is 30.5 Å². The van der Waals surface area contributed by atoms with Crippen LogP contribution in [-0.2, 0) is 22.6 Å². The highest BCUT2D eigenvalue weighted by atomic mass is 32.1. The van der Waals surface area contributed by atoms with E-state index in [1.165, 1.54) is 5.01 Å². The van der Waals surface area contributed by atoms with E-state index < -0.39 is 0 Å². The van der Waals surface area contributed by atoms with E-state index in [2.05, 4.69) is 14.9 Å². The molecule has 0 aromatic carbocycles. The molecule has 0 spiro atoms. The molecule has 2 aromatic rings. The molecule has 1 aliphatic carbocycles. The standard InChI is InChI=1S/C17H21N3O2S/c1-2-15-17(22-12-13-3-5-18-6-4-13)14(1)20(8-9-21-15)11-16-19-7-10-23-16/h3-7,10,14-15,17H,1-2,8-9,11-12H2/t14-,15-,17-/m1/s1. The summed E-state index contributed by atoms with van der Waals surface area (Å²) in [6, 6.07) is 4.44. The van der Waals surface area contributed by atoms with Crippen molar-refractivity contribution >= 4 is 11.3 Å². The molecular weight excluding hydrogens is 310 g/mol. The minimum absolute atomic E-state index is 0.144. The summed E-state index contributed by atoms with van der Waals surface area (Å²) in [5.41, 5.74) is 1.16. The summed E-state index contributed by atoms with van der Waals surface area (Å²) in [7, 11) is 0. The first kappa shape index (κ1) is 15.2. The molecule has 1 saturated carbocycles. The van der Waals surface area contributed by atoms with E-state index in [1.54, 1.807) is 11.3 Å². The maximum absolute atomic E-state index is 6.27. The minimum Gasteiger partial charge on any atom is -0.374 e.